The number of piperidine rings is 1. The van der Waals surface area contributed by atoms with E-state index in [2.05, 4.69) is 42.2 Å². The zero-order valence-corrected chi connectivity index (χ0v) is 10.4. The predicted octanol–water partition coefficient (Wildman–Crippen LogP) is 4.01. The van der Waals surface area contributed by atoms with Gasteiger partial charge in [0.25, 0.3) is 0 Å². The lowest BCUT2D eigenvalue weighted by Gasteiger charge is -2.34. The Morgan fingerprint density at radius 3 is 2.38 bits per heavy atom. The zero-order valence-electron chi connectivity index (χ0n) is 10.4. The monoisotopic (exact) mass is 217 g/mol. The number of rotatable bonds is 4. The summed E-state index contributed by atoms with van der Waals surface area (Å²) in [5.74, 6) is 0. The van der Waals surface area contributed by atoms with E-state index in [1.165, 1.54) is 50.8 Å². The van der Waals surface area contributed by atoms with Crippen molar-refractivity contribution in [1.29, 1.82) is 0 Å². The molecule has 0 N–H and O–H groups in total. The highest BCUT2D eigenvalue weighted by atomic mass is 15.2. The Morgan fingerprint density at radius 1 is 1.06 bits per heavy atom. The Labute approximate surface area is 99.5 Å². The molecule has 2 rings (SSSR count). The van der Waals surface area contributed by atoms with Crippen LogP contribution in [0.25, 0.3) is 0 Å². The summed E-state index contributed by atoms with van der Waals surface area (Å²) in [4.78, 5) is 2.68. The largest absolute Gasteiger partial charge is 0.296 e. The van der Waals surface area contributed by atoms with E-state index in [-0.39, 0.29) is 0 Å². The number of nitrogens with zero attached hydrogens (tertiary/aromatic N) is 1. The van der Waals surface area contributed by atoms with Gasteiger partial charge in [0.05, 0.1) is 0 Å². The normalized spacial score (nSPS) is 19.6. The highest BCUT2D eigenvalue weighted by Crippen LogP contribution is 2.28. The van der Waals surface area contributed by atoms with Crippen LogP contribution in [0.5, 0.6) is 0 Å². The summed E-state index contributed by atoms with van der Waals surface area (Å²) in [6, 6.07) is 11.7. The van der Waals surface area contributed by atoms with Crippen LogP contribution < -0.4 is 0 Å². The molecule has 0 spiro atoms. The first-order valence-corrected chi connectivity index (χ1v) is 6.71. The average Bonchev–Trinajstić information content (AvgIpc) is 2.38. The van der Waals surface area contributed by atoms with Crippen LogP contribution in [0.1, 0.15) is 50.6 Å². The van der Waals surface area contributed by atoms with Crippen LogP contribution in [0.15, 0.2) is 30.3 Å². The molecule has 0 radical (unpaired) electrons. The molecule has 1 aromatic carbocycles. The van der Waals surface area contributed by atoms with Crippen LogP contribution in [0.4, 0.5) is 0 Å². The van der Waals surface area contributed by atoms with Crippen LogP contribution in [0.2, 0.25) is 0 Å². The summed E-state index contributed by atoms with van der Waals surface area (Å²) < 4.78 is 0. The highest BCUT2D eigenvalue weighted by molar-refractivity contribution is 5.19. The van der Waals surface area contributed by atoms with Crippen LogP contribution in [-0.2, 0) is 0 Å². The smallest absolute Gasteiger partial charge is 0.0348 e. The minimum Gasteiger partial charge on any atom is -0.296 e. The Bertz CT molecular complexity index is 288. The molecule has 1 atom stereocenters. The molecular formula is C15H23N. The second kappa shape index (κ2) is 6.05. The summed E-state index contributed by atoms with van der Waals surface area (Å²) in [6.07, 6.45) is 6.75. The average molecular weight is 217 g/mol. The van der Waals surface area contributed by atoms with Crippen LogP contribution in [0, 0.1) is 0 Å². The molecule has 1 saturated heterocycles. The van der Waals surface area contributed by atoms with Crippen LogP contribution in [0.3, 0.4) is 0 Å². The molecule has 1 aliphatic rings. The van der Waals surface area contributed by atoms with E-state index >= 15 is 0 Å². The van der Waals surface area contributed by atoms with Crippen molar-refractivity contribution >= 4 is 0 Å². The zero-order chi connectivity index (χ0) is 11.2. The summed E-state index contributed by atoms with van der Waals surface area (Å²) in [6.45, 7) is 4.87. The van der Waals surface area contributed by atoms with Crippen molar-refractivity contribution < 1.29 is 0 Å². The topological polar surface area (TPSA) is 3.24 Å². The van der Waals surface area contributed by atoms with Gasteiger partial charge in [-0.05, 0) is 37.9 Å². The molecule has 1 aromatic rings. The number of likely N-dealkylation sites (tertiary alicyclic amines) is 1. The van der Waals surface area contributed by atoms with Crippen molar-refractivity contribution in [3.63, 3.8) is 0 Å². The Kier molecular flexibility index (Phi) is 4.41. The fourth-order valence-electron chi connectivity index (χ4n) is 2.74. The van der Waals surface area contributed by atoms with Crippen LogP contribution >= 0.6 is 0 Å². The van der Waals surface area contributed by atoms with Crippen LogP contribution in [-0.4, -0.2) is 18.0 Å². The molecule has 0 aromatic heterocycles. The molecule has 0 bridgehead atoms. The molecule has 1 aliphatic heterocycles. The first-order chi connectivity index (χ1) is 7.92. The van der Waals surface area contributed by atoms with Gasteiger partial charge in [0.2, 0.25) is 0 Å². The molecule has 1 heteroatoms. The van der Waals surface area contributed by atoms with Gasteiger partial charge in [-0.15, -0.1) is 0 Å². The Hall–Kier alpha value is -0.820. The third-order valence-corrected chi connectivity index (χ3v) is 3.58. The summed E-state index contributed by atoms with van der Waals surface area (Å²) in [5.41, 5.74) is 1.51. The molecule has 1 fully saturated rings. The second-order valence-corrected chi connectivity index (χ2v) is 4.81. The van der Waals surface area contributed by atoms with Crippen molar-refractivity contribution in [3.05, 3.63) is 35.9 Å². The highest BCUT2D eigenvalue weighted by Gasteiger charge is 2.20. The molecule has 1 unspecified atom stereocenters. The van der Waals surface area contributed by atoms with Gasteiger partial charge in [-0.3, -0.25) is 4.90 Å². The van der Waals surface area contributed by atoms with Crippen molar-refractivity contribution in [1.82, 2.24) is 4.90 Å². The molecule has 1 nitrogen and oxygen atoms in total. The molecule has 0 saturated carbocycles. The lowest BCUT2D eigenvalue weighted by molar-refractivity contribution is 0.155. The first kappa shape index (κ1) is 11.7. The summed E-state index contributed by atoms with van der Waals surface area (Å²) in [5, 5.41) is 0. The number of hydrogen-bond donors (Lipinski definition) is 0. The van der Waals surface area contributed by atoms with Gasteiger partial charge in [-0.2, -0.15) is 0 Å². The summed E-state index contributed by atoms with van der Waals surface area (Å²) in [7, 11) is 0. The van der Waals surface area contributed by atoms with Gasteiger partial charge < -0.3 is 0 Å². The van der Waals surface area contributed by atoms with Crippen molar-refractivity contribution in [2.75, 3.05) is 13.1 Å². The van der Waals surface area contributed by atoms with E-state index in [0.717, 1.165) is 0 Å². The third kappa shape index (κ3) is 2.85. The quantitative estimate of drug-likeness (QED) is 0.736. The van der Waals surface area contributed by atoms with Gasteiger partial charge in [0, 0.05) is 6.04 Å². The maximum Gasteiger partial charge on any atom is 0.0348 e. The standard InChI is InChI=1S/C15H23N/c1-2-9-15(14-10-5-3-6-11-14)16-12-7-4-8-13-16/h3,5-6,10-11,15H,2,4,7-9,12-13H2,1H3. The van der Waals surface area contributed by atoms with Crippen molar-refractivity contribution in [2.45, 2.75) is 45.1 Å². The Morgan fingerprint density at radius 2 is 1.75 bits per heavy atom. The van der Waals surface area contributed by atoms with Gasteiger partial charge in [0.15, 0.2) is 0 Å². The van der Waals surface area contributed by atoms with Gasteiger partial charge in [-0.1, -0.05) is 50.1 Å². The molecule has 0 amide bonds. The molecule has 88 valence electrons. The molecule has 0 aliphatic carbocycles. The lowest BCUT2D eigenvalue weighted by Crippen LogP contribution is -2.33. The second-order valence-electron chi connectivity index (χ2n) is 4.81. The maximum atomic E-state index is 2.68. The number of benzene rings is 1. The first-order valence-electron chi connectivity index (χ1n) is 6.71. The third-order valence-electron chi connectivity index (χ3n) is 3.58. The van der Waals surface area contributed by atoms with E-state index in [4.69, 9.17) is 0 Å². The van der Waals surface area contributed by atoms with Crippen molar-refractivity contribution in [2.24, 2.45) is 0 Å². The lowest BCUT2D eigenvalue weighted by atomic mass is 9.98. The van der Waals surface area contributed by atoms with E-state index < -0.39 is 0 Å². The maximum absolute atomic E-state index is 2.68. The van der Waals surface area contributed by atoms with E-state index in [1.54, 1.807) is 0 Å². The number of hydrogen-bond acceptors (Lipinski definition) is 1. The van der Waals surface area contributed by atoms with Gasteiger partial charge in [-0.25, -0.2) is 0 Å². The molecular weight excluding hydrogens is 194 g/mol. The Balaban J connectivity index is 2.09. The van der Waals surface area contributed by atoms with Gasteiger partial charge in [0.1, 0.15) is 0 Å². The van der Waals surface area contributed by atoms with Crippen molar-refractivity contribution in [3.8, 4) is 0 Å². The summed E-state index contributed by atoms with van der Waals surface area (Å²) >= 11 is 0. The minimum atomic E-state index is 0.659. The fourth-order valence-corrected chi connectivity index (χ4v) is 2.74. The SMILES string of the molecule is CCCC(c1ccccc1)N1CCCCC1. The predicted molar refractivity (Wildman–Crippen MR) is 69.5 cm³/mol. The molecule has 16 heavy (non-hydrogen) atoms. The minimum absolute atomic E-state index is 0.659. The molecule has 1 heterocycles. The van der Waals surface area contributed by atoms with Gasteiger partial charge >= 0.3 is 0 Å². The van der Waals surface area contributed by atoms with E-state index in [0.29, 0.717) is 6.04 Å². The van der Waals surface area contributed by atoms with E-state index in [1.807, 2.05) is 0 Å². The fraction of sp³-hybridized carbons (Fsp3) is 0.600. The van der Waals surface area contributed by atoms with E-state index in [9.17, 15) is 0 Å².